The molecule has 0 saturated carbocycles. The second-order valence-corrected chi connectivity index (χ2v) is 7.74. The predicted octanol–water partition coefficient (Wildman–Crippen LogP) is 2.34. The van der Waals surface area contributed by atoms with Crippen LogP contribution in [0, 0.1) is 5.92 Å². The summed E-state index contributed by atoms with van der Waals surface area (Å²) in [5.41, 5.74) is 2.59. The molecule has 0 radical (unpaired) electrons. The van der Waals surface area contributed by atoms with Crippen LogP contribution in [-0.2, 0) is 19.6 Å². The minimum absolute atomic E-state index is 0.333. The van der Waals surface area contributed by atoms with E-state index in [-0.39, 0.29) is 0 Å². The van der Waals surface area contributed by atoms with Crippen LogP contribution in [0.5, 0.6) is 11.5 Å². The zero-order valence-electron chi connectivity index (χ0n) is 15.1. The van der Waals surface area contributed by atoms with Crippen molar-refractivity contribution in [1.29, 1.82) is 0 Å². The molecule has 0 N–H and O–H groups in total. The number of fused-ring (bicyclic) bond motifs is 2. The molecule has 6 nitrogen and oxygen atoms in total. The van der Waals surface area contributed by atoms with E-state index in [0.717, 1.165) is 37.7 Å². The lowest BCUT2D eigenvalue weighted by Crippen LogP contribution is -2.35. The first-order chi connectivity index (χ1) is 12.8. The van der Waals surface area contributed by atoms with Gasteiger partial charge in [-0.25, -0.2) is 0 Å². The summed E-state index contributed by atoms with van der Waals surface area (Å²) >= 11 is 0. The molecule has 1 atom stereocenters. The van der Waals surface area contributed by atoms with Crippen molar-refractivity contribution >= 4 is 0 Å². The van der Waals surface area contributed by atoms with E-state index >= 15 is 0 Å². The minimum atomic E-state index is 0.333. The second kappa shape index (κ2) is 6.93. The second-order valence-electron chi connectivity index (χ2n) is 7.74. The average Bonchev–Trinajstić information content (AvgIpc) is 3.36. The lowest BCUT2D eigenvalue weighted by Gasteiger charge is -2.27. The van der Waals surface area contributed by atoms with Gasteiger partial charge >= 0.3 is 0 Å². The SMILES string of the molecule is c1cc2n(n1)C[C@@H](CN1CCCC1)CN(Cc1ccc3c(c1)OCO3)C2. The molecule has 4 heterocycles. The Labute approximate surface area is 154 Å². The van der Waals surface area contributed by atoms with Gasteiger partial charge in [0.2, 0.25) is 6.79 Å². The summed E-state index contributed by atoms with van der Waals surface area (Å²) in [5.74, 6) is 2.34. The van der Waals surface area contributed by atoms with Crippen LogP contribution in [0.25, 0.3) is 0 Å². The largest absolute Gasteiger partial charge is 0.454 e. The van der Waals surface area contributed by atoms with Gasteiger partial charge in [-0.1, -0.05) is 6.07 Å². The van der Waals surface area contributed by atoms with Crippen LogP contribution >= 0.6 is 0 Å². The molecule has 3 aliphatic heterocycles. The Morgan fingerprint density at radius 2 is 1.88 bits per heavy atom. The molecule has 2 aromatic rings. The highest BCUT2D eigenvalue weighted by atomic mass is 16.7. The van der Waals surface area contributed by atoms with Crippen LogP contribution < -0.4 is 9.47 Å². The molecule has 1 saturated heterocycles. The summed E-state index contributed by atoms with van der Waals surface area (Å²) in [4.78, 5) is 5.18. The number of benzene rings is 1. The van der Waals surface area contributed by atoms with Gasteiger partial charge in [-0.3, -0.25) is 9.58 Å². The Morgan fingerprint density at radius 3 is 2.81 bits per heavy atom. The molecule has 0 unspecified atom stereocenters. The molecule has 0 bridgehead atoms. The maximum absolute atomic E-state index is 5.55. The first kappa shape index (κ1) is 16.1. The highest BCUT2D eigenvalue weighted by Gasteiger charge is 2.25. The number of rotatable bonds is 4. The van der Waals surface area contributed by atoms with Crippen molar-refractivity contribution in [1.82, 2.24) is 19.6 Å². The van der Waals surface area contributed by atoms with Crippen LogP contribution in [0.4, 0.5) is 0 Å². The lowest BCUT2D eigenvalue weighted by atomic mass is 10.1. The summed E-state index contributed by atoms with van der Waals surface area (Å²) in [5, 5.41) is 4.57. The Balaban J connectivity index is 1.33. The first-order valence-electron chi connectivity index (χ1n) is 9.67. The van der Waals surface area contributed by atoms with Gasteiger partial charge in [0.1, 0.15) is 0 Å². The molecule has 1 aromatic heterocycles. The lowest BCUT2D eigenvalue weighted by molar-refractivity contribution is 0.173. The van der Waals surface area contributed by atoms with Gasteiger partial charge in [-0.05, 0) is 49.7 Å². The van der Waals surface area contributed by atoms with E-state index in [1.807, 2.05) is 12.3 Å². The Hall–Kier alpha value is -2.05. The maximum atomic E-state index is 5.55. The van der Waals surface area contributed by atoms with Crippen molar-refractivity contribution in [2.24, 2.45) is 5.92 Å². The third kappa shape index (κ3) is 3.31. The van der Waals surface area contributed by atoms with Gasteiger partial charge < -0.3 is 14.4 Å². The highest BCUT2D eigenvalue weighted by Crippen LogP contribution is 2.33. The fourth-order valence-electron chi connectivity index (χ4n) is 4.48. The molecule has 5 rings (SSSR count). The normalized spacial score (nSPS) is 23.2. The van der Waals surface area contributed by atoms with Crippen LogP contribution in [0.15, 0.2) is 30.5 Å². The standard InChI is InChI=1S/C20H26N4O2/c1-2-8-22(7-1)11-17-12-23(14-18-5-6-21-24(18)13-17)10-16-3-4-19-20(9-16)26-15-25-19/h3-6,9,17H,1-2,7-8,10-15H2/t17-/m0/s1. The number of ether oxygens (including phenoxy) is 2. The van der Waals surface area contributed by atoms with E-state index in [4.69, 9.17) is 9.47 Å². The summed E-state index contributed by atoms with van der Waals surface area (Å²) in [6, 6.07) is 8.47. The monoisotopic (exact) mass is 354 g/mol. The Bertz CT molecular complexity index is 769. The molecule has 6 heteroatoms. The van der Waals surface area contributed by atoms with Crippen LogP contribution in [-0.4, -0.2) is 52.6 Å². The highest BCUT2D eigenvalue weighted by molar-refractivity contribution is 5.44. The molecular weight excluding hydrogens is 328 g/mol. The first-order valence-corrected chi connectivity index (χ1v) is 9.67. The molecule has 138 valence electrons. The van der Waals surface area contributed by atoms with Crippen molar-refractivity contribution in [2.75, 3.05) is 33.0 Å². The number of aromatic nitrogens is 2. The van der Waals surface area contributed by atoms with E-state index in [9.17, 15) is 0 Å². The topological polar surface area (TPSA) is 42.8 Å². The molecule has 0 aliphatic carbocycles. The average molecular weight is 354 g/mol. The third-order valence-electron chi connectivity index (χ3n) is 5.70. The van der Waals surface area contributed by atoms with Gasteiger partial charge in [0.25, 0.3) is 0 Å². The molecule has 1 aromatic carbocycles. The van der Waals surface area contributed by atoms with Crippen LogP contribution in [0.1, 0.15) is 24.1 Å². The zero-order chi connectivity index (χ0) is 17.3. The van der Waals surface area contributed by atoms with Crippen molar-refractivity contribution in [3.63, 3.8) is 0 Å². The van der Waals surface area contributed by atoms with Crippen molar-refractivity contribution < 1.29 is 9.47 Å². The van der Waals surface area contributed by atoms with E-state index in [1.54, 1.807) is 0 Å². The summed E-state index contributed by atoms with van der Waals surface area (Å²) in [6.07, 6.45) is 4.63. The quantitative estimate of drug-likeness (QED) is 0.843. The molecule has 1 fully saturated rings. The van der Waals surface area contributed by atoms with Crippen molar-refractivity contribution in [2.45, 2.75) is 32.5 Å². The number of nitrogens with zero attached hydrogens (tertiary/aromatic N) is 4. The van der Waals surface area contributed by atoms with Gasteiger partial charge in [0, 0.05) is 44.8 Å². The number of hydrogen-bond acceptors (Lipinski definition) is 5. The number of hydrogen-bond donors (Lipinski definition) is 0. The Morgan fingerprint density at radius 1 is 1.00 bits per heavy atom. The summed E-state index contributed by atoms with van der Waals surface area (Å²) in [6.45, 7) is 8.03. The minimum Gasteiger partial charge on any atom is -0.454 e. The fourth-order valence-corrected chi connectivity index (χ4v) is 4.48. The molecule has 3 aliphatic rings. The zero-order valence-corrected chi connectivity index (χ0v) is 15.1. The molecule has 0 amide bonds. The van der Waals surface area contributed by atoms with Crippen LogP contribution in [0.2, 0.25) is 0 Å². The fraction of sp³-hybridized carbons (Fsp3) is 0.550. The molecule has 0 spiro atoms. The summed E-state index contributed by atoms with van der Waals surface area (Å²) in [7, 11) is 0. The van der Waals surface area contributed by atoms with E-state index in [0.29, 0.717) is 12.7 Å². The maximum Gasteiger partial charge on any atom is 0.231 e. The molecule has 26 heavy (non-hydrogen) atoms. The van der Waals surface area contributed by atoms with Gasteiger partial charge in [-0.15, -0.1) is 0 Å². The van der Waals surface area contributed by atoms with Crippen LogP contribution in [0.3, 0.4) is 0 Å². The van der Waals surface area contributed by atoms with E-state index in [1.165, 1.54) is 43.7 Å². The van der Waals surface area contributed by atoms with Gasteiger partial charge in [0.05, 0.1) is 5.69 Å². The number of likely N-dealkylation sites (tertiary alicyclic amines) is 1. The third-order valence-corrected chi connectivity index (χ3v) is 5.70. The van der Waals surface area contributed by atoms with Crippen molar-refractivity contribution in [3.8, 4) is 11.5 Å². The van der Waals surface area contributed by atoms with E-state index in [2.05, 4.69) is 37.8 Å². The smallest absolute Gasteiger partial charge is 0.231 e. The molecular formula is C20H26N4O2. The van der Waals surface area contributed by atoms with Gasteiger partial charge in [0.15, 0.2) is 11.5 Å². The summed E-state index contributed by atoms with van der Waals surface area (Å²) < 4.78 is 13.2. The van der Waals surface area contributed by atoms with Gasteiger partial charge in [-0.2, -0.15) is 5.10 Å². The van der Waals surface area contributed by atoms with E-state index < -0.39 is 0 Å². The predicted molar refractivity (Wildman–Crippen MR) is 98.1 cm³/mol. The Kier molecular flexibility index (Phi) is 4.30. The van der Waals surface area contributed by atoms with Crippen molar-refractivity contribution in [3.05, 3.63) is 41.7 Å².